The van der Waals surface area contributed by atoms with Crippen molar-refractivity contribution in [2.75, 3.05) is 17.6 Å². The van der Waals surface area contributed by atoms with Crippen LogP contribution in [-0.4, -0.2) is 39.4 Å². The topological polar surface area (TPSA) is 75.4 Å². The van der Waals surface area contributed by atoms with Crippen molar-refractivity contribution in [1.82, 2.24) is 10.1 Å². The number of aromatic nitrogens is 1. The molecule has 0 radical (unpaired) electrons. The summed E-state index contributed by atoms with van der Waals surface area (Å²) in [5.41, 5.74) is 0.883. The van der Waals surface area contributed by atoms with Crippen LogP contribution >= 0.6 is 11.8 Å². The maximum absolute atomic E-state index is 13.1. The number of thioether (sulfide) groups is 1. The Balaban J connectivity index is 1.89. The summed E-state index contributed by atoms with van der Waals surface area (Å²) >= 11 is 1.28. The zero-order valence-corrected chi connectivity index (χ0v) is 17.9. The van der Waals surface area contributed by atoms with E-state index in [9.17, 15) is 14.0 Å². The second-order valence-corrected chi connectivity index (χ2v) is 8.24. The molecule has 1 aromatic heterocycles. The average molecular weight is 422 g/mol. The van der Waals surface area contributed by atoms with E-state index in [1.165, 1.54) is 23.9 Å². The van der Waals surface area contributed by atoms with Crippen LogP contribution < -0.4 is 5.32 Å². The number of nitrogens with zero attached hydrogens (tertiary/aromatic N) is 2. The van der Waals surface area contributed by atoms with Crippen molar-refractivity contribution in [3.63, 3.8) is 0 Å². The van der Waals surface area contributed by atoms with Gasteiger partial charge in [-0.3, -0.25) is 9.59 Å². The first-order valence-electron chi connectivity index (χ1n) is 9.77. The number of benzene rings is 1. The Labute approximate surface area is 175 Å². The minimum absolute atomic E-state index is 0.0349. The summed E-state index contributed by atoms with van der Waals surface area (Å²) < 4.78 is 18.1. The molecule has 0 aliphatic heterocycles. The maximum Gasteiger partial charge on any atom is 0.238 e. The molecule has 2 amide bonds. The maximum atomic E-state index is 13.1. The fourth-order valence-corrected chi connectivity index (χ4v) is 3.46. The van der Waals surface area contributed by atoms with Crippen LogP contribution in [0.15, 0.2) is 34.9 Å². The quantitative estimate of drug-likeness (QED) is 0.544. The summed E-state index contributed by atoms with van der Waals surface area (Å²) in [7, 11) is 0. The van der Waals surface area contributed by atoms with E-state index in [1.54, 1.807) is 36.9 Å². The van der Waals surface area contributed by atoms with Crippen LogP contribution in [0, 0.1) is 12.7 Å². The van der Waals surface area contributed by atoms with Gasteiger partial charge in [0, 0.05) is 19.2 Å². The van der Waals surface area contributed by atoms with E-state index in [2.05, 4.69) is 17.4 Å². The summed E-state index contributed by atoms with van der Waals surface area (Å²) in [5.74, 6) is 0.609. The monoisotopic (exact) mass is 421 g/mol. The summed E-state index contributed by atoms with van der Waals surface area (Å²) in [5, 5.41) is 6.00. The molecule has 1 unspecified atom stereocenters. The summed E-state index contributed by atoms with van der Waals surface area (Å²) in [6.45, 7) is 6.68. The zero-order valence-electron chi connectivity index (χ0n) is 17.1. The number of carbonyl (C=O) groups excluding carboxylic acids is 2. The van der Waals surface area contributed by atoms with Crippen LogP contribution in [0.3, 0.4) is 0 Å². The summed E-state index contributed by atoms with van der Waals surface area (Å²) in [6.07, 6.45) is 3.01. The van der Waals surface area contributed by atoms with Crippen LogP contribution in [0.4, 0.5) is 10.2 Å². The SMILES string of the molecule is CCCCCN(Cc1ccc(F)cc1)C(=O)CSC(C)C(=O)Nc1cc(C)on1. The number of hydrogen-bond acceptors (Lipinski definition) is 5. The Bertz CT molecular complexity index is 795. The molecule has 0 bridgehead atoms. The van der Waals surface area contributed by atoms with Gasteiger partial charge in [0.2, 0.25) is 11.8 Å². The van der Waals surface area contributed by atoms with E-state index in [4.69, 9.17) is 4.52 Å². The molecule has 1 atom stereocenters. The van der Waals surface area contributed by atoms with E-state index in [0.29, 0.717) is 24.7 Å². The molecule has 2 aromatic rings. The van der Waals surface area contributed by atoms with Gasteiger partial charge in [-0.1, -0.05) is 37.1 Å². The van der Waals surface area contributed by atoms with Gasteiger partial charge in [-0.15, -0.1) is 11.8 Å². The van der Waals surface area contributed by atoms with Gasteiger partial charge >= 0.3 is 0 Å². The lowest BCUT2D eigenvalue weighted by molar-refractivity contribution is -0.129. The van der Waals surface area contributed by atoms with E-state index >= 15 is 0 Å². The fourth-order valence-electron chi connectivity index (χ4n) is 2.67. The molecule has 1 N–H and O–H groups in total. The highest BCUT2D eigenvalue weighted by molar-refractivity contribution is 8.01. The lowest BCUT2D eigenvalue weighted by Crippen LogP contribution is -2.34. The van der Waals surface area contributed by atoms with Gasteiger partial charge in [-0.25, -0.2) is 4.39 Å². The van der Waals surface area contributed by atoms with Gasteiger partial charge in [-0.05, 0) is 38.0 Å². The zero-order chi connectivity index (χ0) is 21.2. The average Bonchev–Trinajstić information content (AvgIpc) is 3.11. The van der Waals surface area contributed by atoms with Crippen molar-refractivity contribution in [2.24, 2.45) is 0 Å². The third-order valence-electron chi connectivity index (χ3n) is 4.38. The minimum Gasteiger partial charge on any atom is -0.360 e. The molecule has 158 valence electrons. The van der Waals surface area contributed by atoms with E-state index in [-0.39, 0.29) is 23.4 Å². The van der Waals surface area contributed by atoms with Crippen LogP contribution in [0.1, 0.15) is 44.4 Å². The van der Waals surface area contributed by atoms with Crippen molar-refractivity contribution >= 4 is 29.4 Å². The number of amides is 2. The molecule has 0 aliphatic carbocycles. The third-order valence-corrected chi connectivity index (χ3v) is 5.50. The Morgan fingerprint density at radius 3 is 2.62 bits per heavy atom. The highest BCUT2D eigenvalue weighted by Gasteiger charge is 2.20. The standard InChI is InChI=1S/C21H28FN3O3S/c1-4-5-6-11-25(13-17-7-9-18(22)10-8-17)20(26)14-29-16(3)21(27)23-19-12-15(2)28-24-19/h7-10,12,16H,4-6,11,13-14H2,1-3H3,(H,23,24,27). The van der Waals surface area contributed by atoms with E-state index in [0.717, 1.165) is 24.8 Å². The second-order valence-electron chi connectivity index (χ2n) is 6.91. The molecule has 1 heterocycles. The Morgan fingerprint density at radius 2 is 2.00 bits per heavy atom. The van der Waals surface area contributed by atoms with Gasteiger partial charge in [-0.2, -0.15) is 0 Å². The van der Waals surface area contributed by atoms with Crippen molar-refractivity contribution in [2.45, 2.75) is 51.8 Å². The van der Waals surface area contributed by atoms with Crippen LogP contribution in [0.5, 0.6) is 0 Å². The number of halogens is 1. The molecule has 0 saturated carbocycles. The molecule has 1 aromatic carbocycles. The molecule has 0 aliphatic rings. The molecule has 0 spiro atoms. The molecule has 8 heteroatoms. The van der Waals surface area contributed by atoms with Gasteiger partial charge < -0.3 is 14.7 Å². The Morgan fingerprint density at radius 1 is 1.28 bits per heavy atom. The van der Waals surface area contributed by atoms with Crippen molar-refractivity contribution < 1.29 is 18.5 Å². The highest BCUT2D eigenvalue weighted by atomic mass is 32.2. The first-order valence-corrected chi connectivity index (χ1v) is 10.8. The van der Waals surface area contributed by atoms with Gasteiger partial charge in [0.15, 0.2) is 5.82 Å². The second kappa shape index (κ2) is 11.6. The Hall–Kier alpha value is -2.35. The van der Waals surface area contributed by atoms with Gasteiger partial charge in [0.05, 0.1) is 11.0 Å². The van der Waals surface area contributed by atoms with Crippen molar-refractivity contribution in [3.05, 3.63) is 47.5 Å². The minimum atomic E-state index is -0.417. The van der Waals surface area contributed by atoms with Crippen molar-refractivity contribution in [3.8, 4) is 0 Å². The smallest absolute Gasteiger partial charge is 0.238 e. The number of aryl methyl sites for hydroxylation is 1. The number of rotatable bonds is 11. The lowest BCUT2D eigenvalue weighted by Gasteiger charge is -2.23. The fraction of sp³-hybridized carbons (Fsp3) is 0.476. The van der Waals surface area contributed by atoms with Crippen molar-refractivity contribution in [1.29, 1.82) is 0 Å². The molecule has 0 saturated heterocycles. The van der Waals surface area contributed by atoms with Gasteiger partial charge in [0.25, 0.3) is 0 Å². The molecule has 29 heavy (non-hydrogen) atoms. The number of carbonyl (C=O) groups is 2. The normalized spacial score (nSPS) is 11.9. The third kappa shape index (κ3) is 7.89. The molecule has 2 rings (SSSR count). The highest BCUT2D eigenvalue weighted by Crippen LogP contribution is 2.17. The largest absolute Gasteiger partial charge is 0.360 e. The lowest BCUT2D eigenvalue weighted by atomic mass is 10.2. The first kappa shape index (κ1) is 22.9. The van der Waals surface area contributed by atoms with Crippen LogP contribution in [-0.2, 0) is 16.1 Å². The summed E-state index contributed by atoms with van der Waals surface area (Å²) in [4.78, 5) is 26.8. The molecular formula is C21H28FN3O3S. The number of nitrogens with one attached hydrogen (secondary N) is 1. The molecule has 0 fully saturated rings. The van der Waals surface area contributed by atoms with Crippen LogP contribution in [0.25, 0.3) is 0 Å². The number of anilines is 1. The Kier molecular flexibility index (Phi) is 9.18. The van der Waals surface area contributed by atoms with E-state index in [1.807, 2.05) is 0 Å². The number of hydrogen-bond donors (Lipinski definition) is 1. The first-order chi connectivity index (χ1) is 13.9. The predicted molar refractivity (Wildman–Crippen MR) is 113 cm³/mol. The molecular weight excluding hydrogens is 393 g/mol. The predicted octanol–water partition coefficient (Wildman–Crippen LogP) is 4.40. The van der Waals surface area contributed by atoms with Crippen LogP contribution in [0.2, 0.25) is 0 Å². The van der Waals surface area contributed by atoms with Gasteiger partial charge in [0.1, 0.15) is 11.6 Å². The summed E-state index contributed by atoms with van der Waals surface area (Å²) in [6, 6.07) is 7.82. The van der Waals surface area contributed by atoms with E-state index < -0.39 is 5.25 Å². The molecule has 6 nitrogen and oxygen atoms in total. The number of unbranched alkanes of at least 4 members (excludes halogenated alkanes) is 2.